The average Bonchev–Trinajstić information content (AvgIpc) is 2.95. The zero-order chi connectivity index (χ0) is 25.6. The molecule has 0 unspecified atom stereocenters. The first kappa shape index (κ1) is 25.2. The van der Waals surface area contributed by atoms with E-state index >= 15 is 0 Å². The number of nitrogens with zero attached hydrogens (tertiary/aromatic N) is 5. The van der Waals surface area contributed by atoms with Crippen LogP contribution in [0, 0.1) is 0 Å². The van der Waals surface area contributed by atoms with Crippen LogP contribution in [-0.4, -0.2) is 71.3 Å². The number of fused-ring (bicyclic) bond motifs is 1. The summed E-state index contributed by atoms with van der Waals surface area (Å²) in [6.45, 7) is 6.73. The highest BCUT2D eigenvalue weighted by Crippen LogP contribution is 2.39. The summed E-state index contributed by atoms with van der Waals surface area (Å²) in [5.41, 5.74) is 4.16. The molecular weight excluding hydrogens is 464 g/mol. The third-order valence-corrected chi connectivity index (χ3v) is 7.28. The van der Waals surface area contributed by atoms with Crippen molar-refractivity contribution in [2.45, 2.75) is 38.8 Å². The number of piperazine rings is 1. The third kappa shape index (κ3) is 5.60. The van der Waals surface area contributed by atoms with Crippen LogP contribution in [0.1, 0.15) is 31.7 Å². The molecule has 0 radical (unpaired) electrons. The Bertz CT molecular complexity index is 1180. The van der Waals surface area contributed by atoms with Crippen LogP contribution in [-0.2, 0) is 11.3 Å². The summed E-state index contributed by atoms with van der Waals surface area (Å²) in [5, 5.41) is 12.7. The number of amides is 1. The van der Waals surface area contributed by atoms with Crippen LogP contribution in [0.25, 0.3) is 11.1 Å². The second-order valence-electron chi connectivity index (χ2n) is 9.77. The fourth-order valence-electron chi connectivity index (χ4n) is 5.18. The van der Waals surface area contributed by atoms with Gasteiger partial charge in [0.25, 0.3) is 0 Å². The molecule has 1 fully saturated rings. The number of aromatic nitrogens is 2. The lowest BCUT2D eigenvalue weighted by molar-refractivity contribution is -0.119. The first-order valence-electron chi connectivity index (χ1n) is 13.3. The van der Waals surface area contributed by atoms with Crippen LogP contribution in [0.5, 0.6) is 0 Å². The highest BCUT2D eigenvalue weighted by atomic mass is 16.3. The van der Waals surface area contributed by atoms with Crippen molar-refractivity contribution in [3.63, 3.8) is 0 Å². The fraction of sp³-hybridized carbons (Fsp3) is 0.414. The lowest BCUT2D eigenvalue weighted by Gasteiger charge is -2.40. The molecule has 1 saturated heterocycles. The number of benzene rings is 2. The molecule has 1 amide bonds. The number of aliphatic hydroxyl groups excluding tert-OH is 1. The van der Waals surface area contributed by atoms with Crippen molar-refractivity contribution in [2.24, 2.45) is 0 Å². The van der Waals surface area contributed by atoms with Gasteiger partial charge in [-0.05, 0) is 23.1 Å². The van der Waals surface area contributed by atoms with Crippen LogP contribution in [0.4, 0.5) is 17.3 Å². The van der Waals surface area contributed by atoms with Crippen LogP contribution >= 0.6 is 0 Å². The van der Waals surface area contributed by atoms with Gasteiger partial charge >= 0.3 is 0 Å². The number of anilines is 3. The Morgan fingerprint density at radius 1 is 0.973 bits per heavy atom. The van der Waals surface area contributed by atoms with Gasteiger partial charge in [-0.25, -0.2) is 9.97 Å². The number of carbonyl (C=O) groups is 1. The van der Waals surface area contributed by atoms with E-state index in [2.05, 4.69) is 68.4 Å². The van der Waals surface area contributed by atoms with E-state index in [-0.39, 0.29) is 18.6 Å². The van der Waals surface area contributed by atoms with Crippen LogP contribution in [0.2, 0.25) is 0 Å². The maximum absolute atomic E-state index is 13.8. The quantitative estimate of drug-likeness (QED) is 0.463. The van der Waals surface area contributed by atoms with Crippen molar-refractivity contribution in [1.82, 2.24) is 14.9 Å². The summed E-state index contributed by atoms with van der Waals surface area (Å²) >= 11 is 0. The molecular formula is C29H36N6O2. The standard InChI is InChI=1S/C29H36N6O2/c1-2-3-9-25-29(37)35(20-22-10-12-24(13-11-22)23-7-5-4-6-8-23)26-27(32-25)30-21-31-28(26)34-16-14-33(15-17-34)18-19-36/h4-8,10-13,21,25,36H,2-3,9,14-20H2,1H3,(H,30,31,32)/t25-/m0/s1. The summed E-state index contributed by atoms with van der Waals surface area (Å²) in [6, 6.07) is 18.5. The van der Waals surface area contributed by atoms with Gasteiger partial charge < -0.3 is 15.3 Å². The molecule has 8 nitrogen and oxygen atoms in total. The second kappa shape index (κ2) is 11.7. The molecule has 0 bridgehead atoms. The Morgan fingerprint density at radius 2 is 1.70 bits per heavy atom. The van der Waals surface area contributed by atoms with Gasteiger partial charge in [0.2, 0.25) is 5.91 Å². The predicted molar refractivity (Wildman–Crippen MR) is 148 cm³/mol. The van der Waals surface area contributed by atoms with E-state index in [0.717, 1.165) is 73.9 Å². The molecule has 0 aliphatic carbocycles. The lowest BCUT2D eigenvalue weighted by atomic mass is 10.0. The Balaban J connectivity index is 1.44. The van der Waals surface area contributed by atoms with E-state index in [1.807, 2.05) is 23.1 Å². The lowest BCUT2D eigenvalue weighted by Crippen LogP contribution is -2.50. The van der Waals surface area contributed by atoms with Crippen molar-refractivity contribution >= 4 is 23.2 Å². The number of hydrogen-bond acceptors (Lipinski definition) is 7. The summed E-state index contributed by atoms with van der Waals surface area (Å²) in [4.78, 5) is 29.4. The zero-order valence-corrected chi connectivity index (χ0v) is 21.5. The normalized spacial score (nSPS) is 18.0. The third-order valence-electron chi connectivity index (χ3n) is 7.28. The van der Waals surface area contributed by atoms with E-state index in [9.17, 15) is 9.90 Å². The largest absolute Gasteiger partial charge is 0.395 e. The molecule has 3 aromatic rings. The predicted octanol–water partition coefficient (Wildman–Crippen LogP) is 3.78. The Morgan fingerprint density at radius 3 is 2.41 bits per heavy atom. The SMILES string of the molecule is CCCC[C@@H]1Nc2ncnc(N3CCN(CCO)CC3)c2N(Cc2ccc(-c3ccccc3)cc2)C1=O. The maximum atomic E-state index is 13.8. The smallest absolute Gasteiger partial charge is 0.250 e. The average molecular weight is 501 g/mol. The number of hydrogen-bond donors (Lipinski definition) is 2. The van der Waals surface area contributed by atoms with Gasteiger partial charge in [-0.15, -0.1) is 0 Å². The highest BCUT2D eigenvalue weighted by Gasteiger charge is 2.37. The summed E-state index contributed by atoms with van der Waals surface area (Å²) in [6.07, 6.45) is 4.38. The minimum absolute atomic E-state index is 0.0723. The van der Waals surface area contributed by atoms with Gasteiger partial charge in [-0.2, -0.15) is 0 Å². The van der Waals surface area contributed by atoms with Crippen LogP contribution in [0.3, 0.4) is 0 Å². The monoisotopic (exact) mass is 500 g/mol. The second-order valence-corrected chi connectivity index (χ2v) is 9.77. The molecule has 37 heavy (non-hydrogen) atoms. The Labute approximate surface area is 219 Å². The number of rotatable bonds is 9. The van der Waals surface area contributed by atoms with Crippen molar-refractivity contribution < 1.29 is 9.90 Å². The fourth-order valence-corrected chi connectivity index (χ4v) is 5.18. The molecule has 1 aromatic heterocycles. The number of unbranched alkanes of at least 4 members (excludes halogenated alkanes) is 1. The molecule has 2 aliphatic heterocycles. The summed E-state index contributed by atoms with van der Waals surface area (Å²) in [5.74, 6) is 1.59. The van der Waals surface area contributed by atoms with Gasteiger partial charge in [-0.1, -0.05) is 74.4 Å². The number of nitrogens with one attached hydrogen (secondary N) is 1. The van der Waals surface area contributed by atoms with Crippen molar-refractivity contribution in [3.05, 3.63) is 66.5 Å². The van der Waals surface area contributed by atoms with Crippen LogP contribution in [0.15, 0.2) is 60.9 Å². The molecule has 1 atom stereocenters. The minimum Gasteiger partial charge on any atom is -0.395 e. The van der Waals surface area contributed by atoms with Crippen molar-refractivity contribution in [1.29, 1.82) is 0 Å². The highest BCUT2D eigenvalue weighted by molar-refractivity contribution is 6.06. The van der Waals surface area contributed by atoms with Gasteiger partial charge in [0.15, 0.2) is 11.6 Å². The summed E-state index contributed by atoms with van der Waals surface area (Å²) < 4.78 is 0. The van der Waals surface area contributed by atoms with Gasteiger partial charge in [0.05, 0.1) is 13.2 Å². The van der Waals surface area contributed by atoms with Crippen molar-refractivity contribution in [2.75, 3.05) is 54.4 Å². The molecule has 0 saturated carbocycles. The van der Waals surface area contributed by atoms with Gasteiger partial charge in [0, 0.05) is 32.7 Å². The van der Waals surface area contributed by atoms with E-state index in [1.165, 1.54) is 5.56 Å². The van der Waals surface area contributed by atoms with E-state index < -0.39 is 0 Å². The molecule has 2 aromatic carbocycles. The maximum Gasteiger partial charge on any atom is 0.250 e. The number of aliphatic hydroxyl groups is 1. The topological polar surface area (TPSA) is 84.8 Å². The molecule has 194 valence electrons. The van der Waals surface area contributed by atoms with Gasteiger partial charge in [-0.3, -0.25) is 14.6 Å². The van der Waals surface area contributed by atoms with E-state index in [1.54, 1.807) is 6.33 Å². The van der Waals surface area contributed by atoms with E-state index in [0.29, 0.717) is 13.1 Å². The van der Waals surface area contributed by atoms with Crippen molar-refractivity contribution in [3.8, 4) is 11.1 Å². The minimum atomic E-state index is -0.291. The van der Waals surface area contributed by atoms with Crippen LogP contribution < -0.4 is 15.1 Å². The van der Waals surface area contributed by atoms with E-state index in [4.69, 9.17) is 0 Å². The molecule has 2 N–H and O–H groups in total. The molecule has 5 rings (SSSR count). The summed E-state index contributed by atoms with van der Waals surface area (Å²) in [7, 11) is 0. The molecule has 8 heteroatoms. The first-order valence-corrected chi connectivity index (χ1v) is 13.3. The Kier molecular flexibility index (Phi) is 7.96. The first-order chi connectivity index (χ1) is 18.2. The number of β-amino-alcohol motifs (C(OH)–C–C–N with tert-alkyl or cyclic N) is 1. The zero-order valence-electron chi connectivity index (χ0n) is 21.5. The molecule has 3 heterocycles. The Hall–Kier alpha value is -3.49. The van der Waals surface area contributed by atoms with Gasteiger partial charge in [0.1, 0.15) is 18.1 Å². The molecule has 2 aliphatic rings. The molecule has 0 spiro atoms. The number of carbonyl (C=O) groups excluding carboxylic acids is 1.